The van der Waals surface area contributed by atoms with E-state index in [1.54, 1.807) is 0 Å². The number of aryl methyl sites for hydroxylation is 1. The van der Waals surface area contributed by atoms with Gasteiger partial charge in [-0.25, -0.2) is 0 Å². The second kappa shape index (κ2) is 5.08. The highest BCUT2D eigenvalue weighted by Gasteiger charge is 2.23. The van der Waals surface area contributed by atoms with Crippen LogP contribution < -0.4 is 5.32 Å². The van der Waals surface area contributed by atoms with E-state index in [2.05, 4.69) is 10.5 Å². The lowest BCUT2D eigenvalue weighted by molar-refractivity contribution is -0.121. The van der Waals surface area contributed by atoms with Crippen LogP contribution in [0.4, 0.5) is 0 Å². The molecule has 0 fully saturated rings. The molecule has 0 radical (unpaired) electrons. The predicted octanol–water partition coefficient (Wildman–Crippen LogP) is 2.47. The number of fused-ring (bicyclic) bond motifs is 1. The average Bonchev–Trinajstić information content (AvgIpc) is 2.72. The van der Waals surface area contributed by atoms with E-state index in [0.29, 0.717) is 6.42 Å². The molecule has 2 rings (SSSR count). The zero-order valence-corrected chi connectivity index (χ0v) is 9.90. The lowest BCUT2D eigenvalue weighted by Crippen LogP contribution is -2.26. The topological polar surface area (TPSA) is 58.5 Å². The van der Waals surface area contributed by atoms with Gasteiger partial charge in [0.05, 0.1) is 6.04 Å². The SMILES string of the molecule is CCC(=O)NC1CCc2cc(CN=O)ccc21. The molecule has 4 nitrogen and oxygen atoms in total. The first kappa shape index (κ1) is 11.8. The molecular formula is C13H16N2O2. The Bertz CT molecular complexity index is 443. The molecular weight excluding hydrogens is 216 g/mol. The van der Waals surface area contributed by atoms with E-state index < -0.39 is 0 Å². The Hall–Kier alpha value is -1.71. The Labute approximate surface area is 100 Å². The van der Waals surface area contributed by atoms with Gasteiger partial charge in [0.15, 0.2) is 0 Å². The summed E-state index contributed by atoms with van der Waals surface area (Å²) in [5.74, 6) is 0.0847. The van der Waals surface area contributed by atoms with Crippen molar-refractivity contribution in [3.63, 3.8) is 0 Å². The van der Waals surface area contributed by atoms with Gasteiger partial charge in [0, 0.05) is 6.42 Å². The van der Waals surface area contributed by atoms with Crippen LogP contribution in [0.5, 0.6) is 0 Å². The molecule has 1 atom stereocenters. The number of hydrogen-bond donors (Lipinski definition) is 1. The highest BCUT2D eigenvalue weighted by atomic mass is 16.3. The normalized spacial score (nSPS) is 17.6. The van der Waals surface area contributed by atoms with Gasteiger partial charge in [-0.2, -0.15) is 4.91 Å². The largest absolute Gasteiger partial charge is 0.349 e. The van der Waals surface area contributed by atoms with Crippen LogP contribution in [0.2, 0.25) is 0 Å². The Morgan fingerprint density at radius 3 is 3.06 bits per heavy atom. The highest BCUT2D eigenvalue weighted by molar-refractivity contribution is 5.76. The van der Waals surface area contributed by atoms with Crippen molar-refractivity contribution in [3.8, 4) is 0 Å². The van der Waals surface area contributed by atoms with Gasteiger partial charge in [-0.1, -0.05) is 30.3 Å². The summed E-state index contributed by atoms with van der Waals surface area (Å²) >= 11 is 0. The maximum atomic E-state index is 11.4. The van der Waals surface area contributed by atoms with Crippen molar-refractivity contribution in [2.75, 3.05) is 0 Å². The monoisotopic (exact) mass is 232 g/mol. The molecule has 0 saturated heterocycles. The number of nitrogens with one attached hydrogen (secondary N) is 1. The van der Waals surface area contributed by atoms with E-state index in [1.807, 2.05) is 25.1 Å². The van der Waals surface area contributed by atoms with Gasteiger partial charge in [-0.05, 0) is 29.5 Å². The van der Waals surface area contributed by atoms with Crippen molar-refractivity contribution < 1.29 is 4.79 Å². The lowest BCUT2D eigenvalue weighted by Gasteiger charge is -2.13. The number of amides is 1. The number of carbonyl (C=O) groups excluding carboxylic acids is 1. The molecule has 1 aliphatic carbocycles. The number of nitrogens with zero attached hydrogens (tertiary/aromatic N) is 1. The summed E-state index contributed by atoms with van der Waals surface area (Å²) in [6.45, 7) is 2.07. The fourth-order valence-electron chi connectivity index (χ4n) is 2.29. The molecule has 17 heavy (non-hydrogen) atoms. The van der Waals surface area contributed by atoms with Crippen molar-refractivity contribution in [2.24, 2.45) is 5.18 Å². The molecule has 0 aromatic heterocycles. The van der Waals surface area contributed by atoms with E-state index in [9.17, 15) is 9.70 Å². The first-order valence-corrected chi connectivity index (χ1v) is 5.94. The summed E-state index contributed by atoms with van der Waals surface area (Å²) < 4.78 is 0. The minimum Gasteiger partial charge on any atom is -0.349 e. The van der Waals surface area contributed by atoms with Gasteiger partial charge in [0.25, 0.3) is 0 Å². The molecule has 1 unspecified atom stereocenters. The highest BCUT2D eigenvalue weighted by Crippen LogP contribution is 2.31. The fraction of sp³-hybridized carbons (Fsp3) is 0.462. The van der Waals surface area contributed by atoms with Crippen molar-refractivity contribution >= 4 is 5.91 Å². The molecule has 0 bridgehead atoms. The summed E-state index contributed by atoms with van der Waals surface area (Å²) in [7, 11) is 0. The molecule has 1 aromatic carbocycles. The van der Waals surface area contributed by atoms with Gasteiger partial charge < -0.3 is 5.32 Å². The molecule has 0 aliphatic heterocycles. The zero-order valence-electron chi connectivity index (χ0n) is 9.90. The second-order valence-electron chi connectivity index (χ2n) is 4.33. The minimum atomic E-state index is 0.0847. The smallest absolute Gasteiger partial charge is 0.220 e. The maximum absolute atomic E-state index is 11.4. The second-order valence-corrected chi connectivity index (χ2v) is 4.33. The van der Waals surface area contributed by atoms with E-state index in [1.165, 1.54) is 11.1 Å². The number of nitroso groups, excluding NO2 is 1. The average molecular weight is 232 g/mol. The summed E-state index contributed by atoms with van der Waals surface area (Å²) in [5, 5.41) is 5.90. The third-order valence-corrected chi connectivity index (χ3v) is 3.19. The van der Waals surface area contributed by atoms with Crippen LogP contribution >= 0.6 is 0 Å². The molecule has 1 aliphatic rings. The van der Waals surface area contributed by atoms with E-state index in [4.69, 9.17) is 0 Å². The van der Waals surface area contributed by atoms with Crippen LogP contribution in [0, 0.1) is 4.91 Å². The minimum absolute atomic E-state index is 0.0847. The van der Waals surface area contributed by atoms with Crippen LogP contribution in [0.3, 0.4) is 0 Å². The zero-order chi connectivity index (χ0) is 12.3. The quantitative estimate of drug-likeness (QED) is 0.811. The standard InChI is InChI=1S/C13H16N2O2/c1-2-13(16)15-12-6-4-10-7-9(8-14-17)3-5-11(10)12/h3,5,7,12H,2,4,6,8H2,1H3,(H,15,16). The Balaban J connectivity index is 2.15. The van der Waals surface area contributed by atoms with Gasteiger partial charge in [0.1, 0.15) is 6.54 Å². The summed E-state index contributed by atoms with van der Waals surface area (Å²) in [5.41, 5.74) is 3.36. The molecule has 0 saturated carbocycles. The van der Waals surface area contributed by atoms with Crippen molar-refractivity contribution in [2.45, 2.75) is 38.8 Å². The molecule has 0 heterocycles. The van der Waals surface area contributed by atoms with Crippen molar-refractivity contribution in [1.82, 2.24) is 5.32 Å². The summed E-state index contributed by atoms with van der Waals surface area (Å²) in [6, 6.07) is 6.07. The lowest BCUT2D eigenvalue weighted by atomic mass is 10.0. The number of benzene rings is 1. The van der Waals surface area contributed by atoms with E-state index in [-0.39, 0.29) is 18.5 Å². The molecule has 1 amide bonds. The maximum Gasteiger partial charge on any atom is 0.220 e. The van der Waals surface area contributed by atoms with Gasteiger partial charge >= 0.3 is 0 Å². The van der Waals surface area contributed by atoms with Crippen LogP contribution in [0.1, 0.15) is 42.5 Å². The first-order valence-electron chi connectivity index (χ1n) is 5.94. The van der Waals surface area contributed by atoms with Crippen LogP contribution in [-0.4, -0.2) is 5.91 Å². The molecule has 1 aromatic rings. The Kier molecular flexibility index (Phi) is 3.52. The Morgan fingerprint density at radius 1 is 1.53 bits per heavy atom. The van der Waals surface area contributed by atoms with E-state index >= 15 is 0 Å². The van der Waals surface area contributed by atoms with Crippen molar-refractivity contribution in [1.29, 1.82) is 0 Å². The number of rotatable bonds is 4. The molecule has 4 heteroatoms. The van der Waals surface area contributed by atoms with Gasteiger partial charge in [0.2, 0.25) is 5.91 Å². The molecule has 90 valence electrons. The predicted molar refractivity (Wildman–Crippen MR) is 65.4 cm³/mol. The van der Waals surface area contributed by atoms with Crippen molar-refractivity contribution in [3.05, 3.63) is 39.8 Å². The van der Waals surface area contributed by atoms with Gasteiger partial charge in [-0.15, -0.1) is 0 Å². The Morgan fingerprint density at radius 2 is 2.35 bits per heavy atom. The van der Waals surface area contributed by atoms with Crippen LogP contribution in [0.25, 0.3) is 0 Å². The fourth-order valence-corrected chi connectivity index (χ4v) is 2.29. The number of hydrogen-bond acceptors (Lipinski definition) is 3. The first-order chi connectivity index (χ1) is 8.24. The van der Waals surface area contributed by atoms with Gasteiger partial charge in [-0.3, -0.25) is 4.79 Å². The summed E-state index contributed by atoms with van der Waals surface area (Å²) in [4.78, 5) is 21.6. The molecule has 1 N–H and O–H groups in total. The summed E-state index contributed by atoms with van der Waals surface area (Å²) in [6.07, 6.45) is 2.41. The number of carbonyl (C=O) groups is 1. The molecule has 0 spiro atoms. The third-order valence-electron chi connectivity index (χ3n) is 3.19. The van der Waals surface area contributed by atoms with E-state index in [0.717, 1.165) is 18.4 Å². The van der Waals surface area contributed by atoms with Crippen LogP contribution in [-0.2, 0) is 17.8 Å². The van der Waals surface area contributed by atoms with Crippen LogP contribution in [0.15, 0.2) is 23.4 Å². The third kappa shape index (κ3) is 2.52.